The highest BCUT2D eigenvalue weighted by atomic mass is 35.5. The van der Waals surface area contributed by atoms with Gasteiger partial charge in [-0.05, 0) is 80.6 Å². The van der Waals surface area contributed by atoms with Gasteiger partial charge in [0.1, 0.15) is 11.9 Å². The van der Waals surface area contributed by atoms with Crippen molar-refractivity contribution < 1.29 is 17.8 Å². The Balaban J connectivity index is 0.00000164. The van der Waals surface area contributed by atoms with E-state index in [2.05, 4.69) is 21.8 Å². The SMILES string of the molecule is C=S1(=O)c2ccc(Cl)cc2N(C[C@@H]2CCCO2)CN1C(Cc1c(F)ccc(C)c1C)c1n[nH]c(=O)o1.CN. The monoisotopic (exact) mass is 565 g/mol. The smallest absolute Gasteiger partial charge is 0.391 e. The van der Waals surface area contributed by atoms with Gasteiger partial charge in [-0.3, -0.25) is 0 Å². The molecule has 206 valence electrons. The van der Waals surface area contributed by atoms with Gasteiger partial charge in [-0.2, -0.15) is 4.31 Å². The highest BCUT2D eigenvalue weighted by molar-refractivity contribution is 7.98. The zero-order chi connectivity index (χ0) is 27.6. The Labute approximate surface area is 226 Å². The number of aromatic amines is 1. The lowest BCUT2D eigenvalue weighted by Gasteiger charge is -2.43. The first-order chi connectivity index (χ1) is 18.1. The average Bonchev–Trinajstić information content (AvgIpc) is 3.57. The molecule has 0 saturated carbocycles. The minimum Gasteiger partial charge on any atom is -0.391 e. The second-order valence-electron chi connectivity index (χ2n) is 9.31. The van der Waals surface area contributed by atoms with Gasteiger partial charge in [0.25, 0.3) is 0 Å². The fourth-order valence-electron chi connectivity index (χ4n) is 4.95. The number of rotatable bonds is 6. The number of aryl methyl sites for hydroxylation is 1. The van der Waals surface area contributed by atoms with E-state index in [1.807, 2.05) is 18.7 Å². The second-order valence-corrected chi connectivity index (χ2v) is 11.9. The Bertz CT molecular complexity index is 1450. The van der Waals surface area contributed by atoms with Crippen LogP contribution in [0.5, 0.6) is 0 Å². The maximum Gasteiger partial charge on any atom is 0.434 e. The number of H-pyrrole nitrogens is 1. The predicted molar refractivity (Wildman–Crippen MR) is 148 cm³/mol. The molecular formula is C26H33ClFN5O4S. The van der Waals surface area contributed by atoms with Gasteiger partial charge in [0.15, 0.2) is 0 Å². The topological polar surface area (TPSA) is 118 Å². The summed E-state index contributed by atoms with van der Waals surface area (Å²) in [6.45, 7) is 5.16. The summed E-state index contributed by atoms with van der Waals surface area (Å²) in [5, 5.41) is 6.84. The number of hydrogen-bond donors (Lipinski definition) is 2. The lowest BCUT2D eigenvalue weighted by atomic mass is 9.97. The number of benzene rings is 2. The van der Waals surface area contributed by atoms with Crippen molar-refractivity contribution in [2.45, 2.75) is 50.2 Å². The van der Waals surface area contributed by atoms with Gasteiger partial charge in [-0.25, -0.2) is 18.5 Å². The van der Waals surface area contributed by atoms with Crippen molar-refractivity contribution in [2.24, 2.45) is 5.73 Å². The molecule has 1 fully saturated rings. The normalized spacial score (nSPS) is 22.1. The first kappa shape index (κ1) is 28.3. The largest absolute Gasteiger partial charge is 0.434 e. The number of fused-ring (bicyclic) bond motifs is 1. The van der Waals surface area contributed by atoms with Crippen LogP contribution in [0.2, 0.25) is 5.02 Å². The molecule has 3 heterocycles. The van der Waals surface area contributed by atoms with E-state index in [0.29, 0.717) is 28.6 Å². The van der Waals surface area contributed by atoms with Crippen LogP contribution >= 0.6 is 11.6 Å². The van der Waals surface area contributed by atoms with E-state index in [4.69, 9.17) is 20.8 Å². The second kappa shape index (κ2) is 11.6. The van der Waals surface area contributed by atoms with Crippen molar-refractivity contribution in [1.82, 2.24) is 14.5 Å². The molecule has 1 saturated heterocycles. The number of nitrogens with one attached hydrogen (secondary N) is 1. The van der Waals surface area contributed by atoms with Gasteiger partial charge in [0.05, 0.1) is 33.1 Å². The molecule has 3 atom stereocenters. The molecule has 2 unspecified atom stereocenters. The number of nitrogens with zero attached hydrogens (tertiary/aromatic N) is 3. The minimum atomic E-state index is -3.11. The quantitative estimate of drug-likeness (QED) is 0.439. The van der Waals surface area contributed by atoms with Crippen LogP contribution in [0.4, 0.5) is 10.1 Å². The molecule has 2 aliphatic rings. The van der Waals surface area contributed by atoms with E-state index < -0.39 is 27.3 Å². The third kappa shape index (κ3) is 5.52. The fourth-order valence-corrected chi connectivity index (χ4v) is 7.06. The van der Waals surface area contributed by atoms with Crippen LogP contribution in [-0.2, 0) is 20.9 Å². The predicted octanol–water partition coefficient (Wildman–Crippen LogP) is 3.58. The summed E-state index contributed by atoms with van der Waals surface area (Å²) in [5.41, 5.74) is 7.35. The van der Waals surface area contributed by atoms with Crippen molar-refractivity contribution in [2.75, 3.05) is 31.8 Å². The highest BCUT2D eigenvalue weighted by Gasteiger charge is 2.40. The van der Waals surface area contributed by atoms with Crippen LogP contribution in [-0.4, -0.2) is 57.6 Å². The van der Waals surface area contributed by atoms with Crippen LogP contribution in [0.3, 0.4) is 0 Å². The summed E-state index contributed by atoms with van der Waals surface area (Å²) in [5.74, 6) is 2.99. The molecule has 0 bridgehead atoms. The van der Waals surface area contributed by atoms with E-state index in [-0.39, 0.29) is 25.1 Å². The van der Waals surface area contributed by atoms with Gasteiger partial charge in [-0.1, -0.05) is 17.7 Å². The average molecular weight is 566 g/mol. The molecule has 1 aromatic heterocycles. The molecule has 0 radical (unpaired) electrons. The minimum absolute atomic E-state index is 0.0101. The molecule has 0 spiro atoms. The van der Waals surface area contributed by atoms with E-state index in [1.165, 1.54) is 13.1 Å². The van der Waals surface area contributed by atoms with Gasteiger partial charge in [0.2, 0.25) is 5.89 Å². The zero-order valence-electron chi connectivity index (χ0n) is 21.7. The Morgan fingerprint density at radius 1 is 1.32 bits per heavy atom. The molecule has 38 heavy (non-hydrogen) atoms. The maximum absolute atomic E-state index is 15.0. The Hall–Kier alpha value is -2.70. The van der Waals surface area contributed by atoms with Crippen molar-refractivity contribution >= 4 is 32.9 Å². The molecule has 5 rings (SSSR count). The number of aromatic nitrogens is 2. The standard InChI is InChI=1S/C25H28ClFN4O4S.CH5N/c1-15-6-8-20(27)19(16(15)2)12-22(24-28-29-25(32)35-24)31-14-30(13-18-5-4-10-34-18)21-11-17(26)7-9-23(21)36(31,3)33;1-2/h6-9,11,18,22H,3-5,10,12-14H2,1-2H3,(H,29,32);2H2,1H3/t18-,22?,36?;/m0./s1. The summed E-state index contributed by atoms with van der Waals surface area (Å²) in [7, 11) is -1.61. The molecule has 3 N–H and O–H groups in total. The third-order valence-electron chi connectivity index (χ3n) is 7.04. The summed E-state index contributed by atoms with van der Waals surface area (Å²) in [6.07, 6.45) is 1.98. The highest BCUT2D eigenvalue weighted by Crippen LogP contribution is 2.41. The zero-order valence-corrected chi connectivity index (χ0v) is 23.3. The van der Waals surface area contributed by atoms with Gasteiger partial charge in [0, 0.05) is 24.6 Å². The lowest BCUT2D eigenvalue weighted by molar-refractivity contribution is 0.112. The van der Waals surface area contributed by atoms with Crippen molar-refractivity contribution in [3.8, 4) is 0 Å². The van der Waals surface area contributed by atoms with E-state index >= 15 is 4.39 Å². The molecule has 0 aliphatic carbocycles. The molecule has 2 aromatic carbocycles. The first-order valence-electron chi connectivity index (χ1n) is 12.3. The number of anilines is 1. The Kier molecular flexibility index (Phi) is 8.63. The van der Waals surface area contributed by atoms with E-state index in [9.17, 15) is 9.00 Å². The summed E-state index contributed by atoms with van der Waals surface area (Å²) in [6, 6.07) is 7.45. The number of halogens is 2. The number of ether oxygens (including phenoxy) is 1. The summed E-state index contributed by atoms with van der Waals surface area (Å²) in [4.78, 5) is 14.4. The third-order valence-corrected chi connectivity index (χ3v) is 9.43. The van der Waals surface area contributed by atoms with E-state index in [1.54, 1.807) is 28.6 Å². The van der Waals surface area contributed by atoms with Gasteiger partial charge in [-0.15, -0.1) is 5.10 Å². The molecule has 0 amide bonds. The maximum atomic E-state index is 15.0. The Morgan fingerprint density at radius 3 is 2.74 bits per heavy atom. The Morgan fingerprint density at radius 2 is 2.08 bits per heavy atom. The van der Waals surface area contributed by atoms with Crippen molar-refractivity contribution in [1.29, 1.82) is 0 Å². The molecular weight excluding hydrogens is 533 g/mol. The number of nitrogens with two attached hydrogens (primary N) is 1. The van der Waals surface area contributed by atoms with Crippen molar-refractivity contribution in [3.63, 3.8) is 0 Å². The summed E-state index contributed by atoms with van der Waals surface area (Å²) < 4.78 is 42.3. The first-order valence-corrected chi connectivity index (χ1v) is 14.4. The molecule has 2 aliphatic heterocycles. The fraction of sp³-hybridized carbons (Fsp3) is 0.423. The van der Waals surface area contributed by atoms with Gasteiger partial charge < -0.3 is 19.8 Å². The number of hydrogen-bond acceptors (Lipinski definition) is 7. The van der Waals surface area contributed by atoms with Crippen LogP contribution in [0.25, 0.3) is 0 Å². The van der Waals surface area contributed by atoms with E-state index in [0.717, 1.165) is 29.7 Å². The van der Waals surface area contributed by atoms with Gasteiger partial charge >= 0.3 is 5.76 Å². The molecule has 9 nitrogen and oxygen atoms in total. The lowest BCUT2D eigenvalue weighted by Crippen LogP contribution is -2.50. The van der Waals surface area contributed by atoms with Crippen LogP contribution in [0, 0.1) is 19.7 Å². The van der Waals surface area contributed by atoms with Crippen LogP contribution < -0.4 is 16.4 Å². The molecule has 3 aromatic rings. The summed E-state index contributed by atoms with van der Waals surface area (Å²) >= 11 is 6.32. The molecule has 12 heteroatoms. The van der Waals surface area contributed by atoms with Crippen LogP contribution in [0.1, 0.15) is 41.5 Å². The van der Waals surface area contributed by atoms with Crippen LogP contribution in [0.15, 0.2) is 44.4 Å². The van der Waals surface area contributed by atoms with Crippen molar-refractivity contribution in [3.05, 3.63) is 74.3 Å².